The molecule has 66 valence electrons. The van der Waals surface area contributed by atoms with Crippen molar-refractivity contribution in [3.05, 3.63) is 27.2 Å². The van der Waals surface area contributed by atoms with E-state index in [1.165, 1.54) is 22.7 Å². The van der Waals surface area contributed by atoms with Crippen molar-refractivity contribution in [3.63, 3.8) is 0 Å². The van der Waals surface area contributed by atoms with E-state index >= 15 is 0 Å². The van der Waals surface area contributed by atoms with Gasteiger partial charge in [-0.15, -0.1) is 22.7 Å². The summed E-state index contributed by atoms with van der Waals surface area (Å²) in [5.74, 6) is -0.883. The summed E-state index contributed by atoms with van der Waals surface area (Å²) < 4.78 is 0. The van der Waals surface area contributed by atoms with Crippen LogP contribution in [0.3, 0.4) is 0 Å². The standard InChI is InChI=1S/C8H5NO2S2/c10-8(11)7-1-5(2-13-7)6-3-12-4-9-6/h1-4H,(H,10,11). The van der Waals surface area contributed by atoms with Crippen molar-refractivity contribution >= 4 is 28.6 Å². The van der Waals surface area contributed by atoms with Crippen molar-refractivity contribution in [2.24, 2.45) is 0 Å². The highest BCUT2D eigenvalue weighted by Crippen LogP contribution is 2.25. The van der Waals surface area contributed by atoms with Crippen LogP contribution in [0.15, 0.2) is 22.3 Å². The fourth-order valence-corrected chi connectivity index (χ4v) is 2.24. The Hall–Kier alpha value is -1.20. The molecule has 1 N–H and O–H groups in total. The molecule has 0 unspecified atom stereocenters. The average molecular weight is 211 g/mol. The Morgan fingerprint density at radius 1 is 1.46 bits per heavy atom. The van der Waals surface area contributed by atoms with Crippen LogP contribution in [-0.4, -0.2) is 16.1 Å². The fourth-order valence-electron chi connectivity index (χ4n) is 0.938. The highest BCUT2D eigenvalue weighted by molar-refractivity contribution is 7.12. The van der Waals surface area contributed by atoms with Crippen LogP contribution >= 0.6 is 22.7 Å². The lowest BCUT2D eigenvalue weighted by molar-refractivity contribution is 0.0702. The highest BCUT2D eigenvalue weighted by Gasteiger charge is 2.08. The SMILES string of the molecule is O=C(O)c1cc(-c2cscn2)cs1. The minimum atomic E-state index is -0.883. The molecule has 0 saturated carbocycles. The van der Waals surface area contributed by atoms with Crippen molar-refractivity contribution in [2.75, 3.05) is 0 Å². The van der Waals surface area contributed by atoms with Crippen molar-refractivity contribution in [3.8, 4) is 11.3 Å². The predicted octanol–water partition coefficient (Wildman–Crippen LogP) is 2.57. The predicted molar refractivity (Wildman–Crippen MR) is 52.4 cm³/mol. The number of carbonyl (C=O) groups is 1. The summed E-state index contributed by atoms with van der Waals surface area (Å²) in [5.41, 5.74) is 3.45. The second-order valence-corrected chi connectivity index (χ2v) is 4.01. The van der Waals surface area contributed by atoms with Gasteiger partial charge in [-0.25, -0.2) is 9.78 Å². The molecule has 0 amide bonds. The number of hydrogen-bond donors (Lipinski definition) is 1. The van der Waals surface area contributed by atoms with Crippen molar-refractivity contribution in [1.82, 2.24) is 4.98 Å². The molecule has 0 aliphatic rings. The molecular weight excluding hydrogens is 206 g/mol. The third kappa shape index (κ3) is 1.61. The summed E-state index contributed by atoms with van der Waals surface area (Å²) in [5, 5.41) is 12.4. The van der Waals surface area contributed by atoms with E-state index in [4.69, 9.17) is 5.11 Å². The van der Waals surface area contributed by atoms with E-state index < -0.39 is 5.97 Å². The van der Waals surface area contributed by atoms with Gasteiger partial charge in [-0.2, -0.15) is 0 Å². The van der Waals surface area contributed by atoms with Crippen molar-refractivity contribution in [1.29, 1.82) is 0 Å². The lowest BCUT2D eigenvalue weighted by Crippen LogP contribution is -1.89. The van der Waals surface area contributed by atoms with Crippen LogP contribution in [0.1, 0.15) is 9.67 Å². The van der Waals surface area contributed by atoms with Crippen LogP contribution in [0.2, 0.25) is 0 Å². The van der Waals surface area contributed by atoms with Crippen LogP contribution in [0.25, 0.3) is 11.3 Å². The van der Waals surface area contributed by atoms with Crippen molar-refractivity contribution < 1.29 is 9.90 Å². The molecule has 0 aromatic carbocycles. The number of carboxylic acid groups (broad SMARTS) is 1. The molecule has 0 aliphatic heterocycles. The first-order valence-electron chi connectivity index (χ1n) is 3.48. The Balaban J connectivity index is 2.39. The minimum absolute atomic E-state index is 0.350. The number of nitrogens with zero attached hydrogens (tertiary/aromatic N) is 1. The van der Waals surface area contributed by atoms with Gasteiger partial charge in [-0.05, 0) is 6.07 Å². The van der Waals surface area contributed by atoms with Gasteiger partial charge in [-0.1, -0.05) is 0 Å². The minimum Gasteiger partial charge on any atom is -0.477 e. The number of rotatable bonds is 2. The summed E-state index contributed by atoms with van der Waals surface area (Å²) in [7, 11) is 0. The van der Waals surface area contributed by atoms with Gasteiger partial charge in [0.1, 0.15) is 4.88 Å². The lowest BCUT2D eigenvalue weighted by Gasteiger charge is -1.86. The van der Waals surface area contributed by atoms with Gasteiger partial charge in [-0.3, -0.25) is 0 Å². The molecule has 0 aliphatic carbocycles. The second kappa shape index (κ2) is 3.27. The van der Waals surface area contributed by atoms with Gasteiger partial charge >= 0.3 is 5.97 Å². The Bertz CT molecular complexity index is 419. The Kier molecular flexibility index (Phi) is 2.12. The van der Waals surface area contributed by atoms with E-state index in [1.807, 2.05) is 5.38 Å². The number of thiazole rings is 1. The van der Waals surface area contributed by atoms with Gasteiger partial charge in [0.2, 0.25) is 0 Å². The molecule has 2 heterocycles. The summed E-state index contributed by atoms with van der Waals surface area (Å²) in [4.78, 5) is 15.0. The van der Waals surface area contributed by atoms with Gasteiger partial charge in [0.05, 0.1) is 11.2 Å². The highest BCUT2D eigenvalue weighted by atomic mass is 32.1. The van der Waals surface area contributed by atoms with E-state index in [1.54, 1.807) is 17.0 Å². The van der Waals surface area contributed by atoms with Crippen molar-refractivity contribution in [2.45, 2.75) is 0 Å². The molecule has 0 atom stereocenters. The van der Waals surface area contributed by atoms with Crippen LogP contribution < -0.4 is 0 Å². The summed E-state index contributed by atoms with van der Waals surface area (Å²) in [6.45, 7) is 0. The maximum absolute atomic E-state index is 10.6. The lowest BCUT2D eigenvalue weighted by atomic mass is 10.2. The first kappa shape index (κ1) is 8.40. The normalized spacial score (nSPS) is 10.2. The molecule has 5 heteroatoms. The van der Waals surface area contributed by atoms with E-state index in [-0.39, 0.29) is 0 Å². The third-order valence-corrected chi connectivity index (χ3v) is 3.04. The Morgan fingerprint density at radius 2 is 2.31 bits per heavy atom. The quantitative estimate of drug-likeness (QED) is 0.830. The van der Waals surface area contributed by atoms with Gasteiger partial charge in [0.25, 0.3) is 0 Å². The zero-order valence-electron chi connectivity index (χ0n) is 6.43. The van der Waals surface area contributed by atoms with Gasteiger partial charge in [0, 0.05) is 16.3 Å². The molecule has 0 bridgehead atoms. The van der Waals surface area contributed by atoms with E-state index in [0.29, 0.717) is 4.88 Å². The smallest absolute Gasteiger partial charge is 0.345 e. The third-order valence-electron chi connectivity index (χ3n) is 1.54. The monoisotopic (exact) mass is 211 g/mol. The van der Waals surface area contributed by atoms with Crippen LogP contribution in [0, 0.1) is 0 Å². The molecule has 2 rings (SSSR count). The number of thiophene rings is 1. The van der Waals surface area contributed by atoms with E-state index in [0.717, 1.165) is 11.3 Å². The van der Waals surface area contributed by atoms with E-state index in [2.05, 4.69) is 4.98 Å². The van der Waals surface area contributed by atoms with Gasteiger partial charge < -0.3 is 5.11 Å². The summed E-state index contributed by atoms with van der Waals surface area (Å²) in [6.07, 6.45) is 0. The van der Waals surface area contributed by atoms with Crippen LogP contribution in [0.5, 0.6) is 0 Å². The van der Waals surface area contributed by atoms with E-state index in [9.17, 15) is 4.79 Å². The topological polar surface area (TPSA) is 50.2 Å². The summed E-state index contributed by atoms with van der Waals surface area (Å²) >= 11 is 2.72. The zero-order chi connectivity index (χ0) is 9.26. The summed E-state index contributed by atoms with van der Waals surface area (Å²) in [6, 6.07) is 1.64. The Morgan fingerprint density at radius 3 is 2.85 bits per heavy atom. The molecule has 0 radical (unpaired) electrons. The van der Waals surface area contributed by atoms with Gasteiger partial charge in [0.15, 0.2) is 0 Å². The molecule has 0 fully saturated rings. The number of aromatic nitrogens is 1. The largest absolute Gasteiger partial charge is 0.477 e. The molecular formula is C8H5NO2S2. The number of carboxylic acids is 1. The van der Waals surface area contributed by atoms with Crippen LogP contribution in [-0.2, 0) is 0 Å². The molecule has 2 aromatic heterocycles. The molecule has 0 saturated heterocycles. The number of hydrogen-bond acceptors (Lipinski definition) is 4. The second-order valence-electron chi connectivity index (χ2n) is 2.38. The molecule has 0 spiro atoms. The fraction of sp³-hybridized carbons (Fsp3) is 0. The maximum Gasteiger partial charge on any atom is 0.345 e. The maximum atomic E-state index is 10.6. The molecule has 3 nitrogen and oxygen atoms in total. The Labute approximate surface area is 82.3 Å². The molecule has 2 aromatic rings. The average Bonchev–Trinajstić information content (AvgIpc) is 2.75. The number of aromatic carboxylic acids is 1. The zero-order valence-corrected chi connectivity index (χ0v) is 8.06. The first-order chi connectivity index (χ1) is 6.27. The first-order valence-corrected chi connectivity index (χ1v) is 5.30. The van der Waals surface area contributed by atoms with Crippen LogP contribution in [0.4, 0.5) is 0 Å². The molecule has 13 heavy (non-hydrogen) atoms.